The highest BCUT2D eigenvalue weighted by molar-refractivity contribution is 5.87. The first-order valence-electron chi connectivity index (χ1n) is 11.0. The number of benzene rings is 2. The number of rotatable bonds is 5. The number of hydrogen-bond acceptors (Lipinski definition) is 4. The molecule has 0 bridgehead atoms. The summed E-state index contributed by atoms with van der Waals surface area (Å²) in [4.78, 5) is 20.1. The van der Waals surface area contributed by atoms with Crippen LogP contribution in [0, 0.1) is 5.92 Å². The molecule has 32 heavy (non-hydrogen) atoms. The number of imidazole rings is 1. The van der Waals surface area contributed by atoms with Crippen LogP contribution >= 0.6 is 0 Å². The van der Waals surface area contributed by atoms with Gasteiger partial charge in [0.25, 0.3) is 0 Å². The summed E-state index contributed by atoms with van der Waals surface area (Å²) in [5.74, 6) is -0.0189. The summed E-state index contributed by atoms with van der Waals surface area (Å²) in [5.41, 5.74) is 3.83. The Balaban J connectivity index is 1.38. The number of hydrogen-bond donors (Lipinski definition) is 0. The molecular formula is C26H26N4O2. The summed E-state index contributed by atoms with van der Waals surface area (Å²) in [5, 5.41) is 4.66. The third kappa shape index (κ3) is 4.41. The van der Waals surface area contributed by atoms with Crippen LogP contribution in [0.15, 0.2) is 85.2 Å². The Morgan fingerprint density at radius 2 is 1.72 bits per heavy atom. The van der Waals surface area contributed by atoms with Crippen molar-refractivity contribution >= 4 is 11.6 Å². The zero-order valence-electron chi connectivity index (χ0n) is 17.9. The van der Waals surface area contributed by atoms with Crippen molar-refractivity contribution in [3.05, 3.63) is 102 Å². The lowest BCUT2D eigenvalue weighted by Gasteiger charge is -2.28. The first kappa shape index (κ1) is 20.4. The van der Waals surface area contributed by atoms with Gasteiger partial charge in [-0.25, -0.2) is 9.50 Å². The predicted octanol–water partition coefficient (Wildman–Crippen LogP) is 3.58. The summed E-state index contributed by atoms with van der Waals surface area (Å²) in [6, 6.07) is 24.0. The summed E-state index contributed by atoms with van der Waals surface area (Å²) in [6.45, 7) is 2.42. The third-order valence-electron chi connectivity index (χ3n) is 5.97. The van der Waals surface area contributed by atoms with Crippen LogP contribution in [0.5, 0.6) is 0 Å². The molecule has 4 aromatic rings. The van der Waals surface area contributed by atoms with Crippen LogP contribution in [-0.4, -0.2) is 51.7 Å². The molecule has 0 radical (unpaired) electrons. The van der Waals surface area contributed by atoms with Crippen molar-refractivity contribution in [1.29, 1.82) is 0 Å². The van der Waals surface area contributed by atoms with E-state index in [9.17, 15) is 4.79 Å². The number of fused-ring (bicyclic) bond motifs is 1. The molecule has 2 aromatic heterocycles. The van der Waals surface area contributed by atoms with E-state index in [0.717, 1.165) is 28.9 Å². The monoisotopic (exact) mass is 426 g/mol. The largest absolute Gasteiger partial charge is 0.379 e. The second-order valence-corrected chi connectivity index (χ2v) is 8.24. The van der Waals surface area contributed by atoms with Crippen molar-refractivity contribution in [3.63, 3.8) is 0 Å². The first-order valence-corrected chi connectivity index (χ1v) is 11.0. The van der Waals surface area contributed by atoms with E-state index in [4.69, 9.17) is 4.74 Å². The average Bonchev–Trinajstić information content (AvgIpc) is 3.18. The summed E-state index contributed by atoms with van der Waals surface area (Å²) < 4.78 is 7.67. The molecule has 1 aliphatic rings. The van der Waals surface area contributed by atoms with Crippen molar-refractivity contribution in [3.8, 4) is 0 Å². The second kappa shape index (κ2) is 9.32. The maximum atomic E-state index is 13.8. The van der Waals surface area contributed by atoms with E-state index in [0.29, 0.717) is 26.3 Å². The Hall–Kier alpha value is -3.51. The minimum atomic E-state index is -0.323. The highest BCUT2D eigenvalue weighted by Gasteiger charge is 2.30. The fourth-order valence-corrected chi connectivity index (χ4v) is 4.41. The zero-order chi connectivity index (χ0) is 21.8. The van der Waals surface area contributed by atoms with E-state index in [-0.39, 0.29) is 17.7 Å². The third-order valence-corrected chi connectivity index (χ3v) is 5.97. The normalized spacial score (nSPS) is 16.9. The summed E-state index contributed by atoms with van der Waals surface area (Å²) in [7, 11) is 0. The lowest BCUT2D eigenvalue weighted by atomic mass is 9.89. The summed E-state index contributed by atoms with van der Waals surface area (Å²) >= 11 is 0. The Kier molecular flexibility index (Phi) is 5.94. The van der Waals surface area contributed by atoms with Gasteiger partial charge in [-0.2, -0.15) is 5.10 Å². The van der Waals surface area contributed by atoms with Gasteiger partial charge >= 0.3 is 0 Å². The van der Waals surface area contributed by atoms with Gasteiger partial charge < -0.3 is 9.64 Å². The number of aromatic nitrogens is 3. The van der Waals surface area contributed by atoms with Gasteiger partial charge in [-0.15, -0.1) is 0 Å². The maximum absolute atomic E-state index is 13.8. The van der Waals surface area contributed by atoms with Gasteiger partial charge in [-0.05, 0) is 29.7 Å². The molecule has 2 aromatic carbocycles. The van der Waals surface area contributed by atoms with Gasteiger partial charge in [-0.3, -0.25) is 4.79 Å². The van der Waals surface area contributed by atoms with Crippen molar-refractivity contribution in [2.75, 3.05) is 26.3 Å². The standard InChI is InChI=1S/C26H26N4O2/c31-26(25(21-7-3-1-4-8-21)22-9-5-2-6-10-22)29-15-16-32-19-20(18-29)17-23-11-12-24-27-13-14-30(24)28-23/h1-14,20,25H,15-19H2/t20-/m0/s1. The van der Waals surface area contributed by atoms with Gasteiger partial charge in [0, 0.05) is 31.4 Å². The zero-order valence-corrected chi connectivity index (χ0v) is 17.9. The van der Waals surface area contributed by atoms with Crippen molar-refractivity contribution in [2.24, 2.45) is 5.92 Å². The molecule has 6 heteroatoms. The molecular weight excluding hydrogens is 400 g/mol. The lowest BCUT2D eigenvalue weighted by Crippen LogP contribution is -2.39. The molecule has 0 aliphatic carbocycles. The van der Waals surface area contributed by atoms with Gasteiger partial charge in [0.05, 0.1) is 24.8 Å². The number of amides is 1. The fraction of sp³-hybridized carbons (Fsp3) is 0.269. The summed E-state index contributed by atoms with van der Waals surface area (Å²) in [6.07, 6.45) is 4.34. The lowest BCUT2D eigenvalue weighted by molar-refractivity contribution is -0.132. The Morgan fingerprint density at radius 3 is 2.44 bits per heavy atom. The molecule has 1 atom stereocenters. The smallest absolute Gasteiger partial charge is 0.234 e. The highest BCUT2D eigenvalue weighted by atomic mass is 16.5. The van der Waals surface area contributed by atoms with E-state index in [1.165, 1.54) is 0 Å². The van der Waals surface area contributed by atoms with E-state index in [1.807, 2.05) is 83.9 Å². The number of carbonyl (C=O) groups excluding carboxylic acids is 1. The molecule has 1 amide bonds. The van der Waals surface area contributed by atoms with Crippen LogP contribution in [0.25, 0.3) is 5.65 Å². The molecule has 3 heterocycles. The molecule has 0 spiro atoms. The van der Waals surface area contributed by atoms with Gasteiger partial charge in [0.2, 0.25) is 5.91 Å². The highest BCUT2D eigenvalue weighted by Crippen LogP contribution is 2.28. The molecule has 0 N–H and O–H groups in total. The van der Waals surface area contributed by atoms with E-state index < -0.39 is 0 Å². The first-order chi connectivity index (χ1) is 15.8. The second-order valence-electron chi connectivity index (χ2n) is 8.24. The molecule has 0 unspecified atom stereocenters. The maximum Gasteiger partial charge on any atom is 0.234 e. The fourth-order valence-electron chi connectivity index (χ4n) is 4.41. The molecule has 0 saturated carbocycles. The van der Waals surface area contributed by atoms with E-state index in [2.05, 4.69) is 10.1 Å². The van der Waals surface area contributed by atoms with Crippen LogP contribution < -0.4 is 0 Å². The quantitative estimate of drug-likeness (QED) is 0.489. The molecule has 1 saturated heterocycles. The molecule has 1 fully saturated rings. The van der Waals surface area contributed by atoms with Crippen LogP contribution in [0.3, 0.4) is 0 Å². The Morgan fingerprint density at radius 1 is 1.00 bits per heavy atom. The molecule has 1 aliphatic heterocycles. The minimum Gasteiger partial charge on any atom is -0.379 e. The van der Waals surface area contributed by atoms with Gasteiger partial charge in [0.15, 0.2) is 5.65 Å². The van der Waals surface area contributed by atoms with Crippen LogP contribution in [0.4, 0.5) is 0 Å². The van der Waals surface area contributed by atoms with Crippen molar-refractivity contribution < 1.29 is 9.53 Å². The topological polar surface area (TPSA) is 59.7 Å². The van der Waals surface area contributed by atoms with Crippen LogP contribution in [0.1, 0.15) is 22.7 Å². The van der Waals surface area contributed by atoms with Gasteiger partial charge in [0.1, 0.15) is 0 Å². The Bertz CT molecular complexity index is 1140. The molecule has 5 rings (SSSR count). The number of ether oxygens (including phenoxy) is 1. The molecule has 162 valence electrons. The van der Waals surface area contributed by atoms with Crippen molar-refractivity contribution in [1.82, 2.24) is 19.5 Å². The van der Waals surface area contributed by atoms with Crippen LogP contribution in [-0.2, 0) is 16.0 Å². The van der Waals surface area contributed by atoms with E-state index >= 15 is 0 Å². The minimum absolute atomic E-state index is 0.121. The molecule has 6 nitrogen and oxygen atoms in total. The van der Waals surface area contributed by atoms with Crippen LogP contribution in [0.2, 0.25) is 0 Å². The van der Waals surface area contributed by atoms with Crippen molar-refractivity contribution in [2.45, 2.75) is 12.3 Å². The SMILES string of the molecule is O=C(C(c1ccccc1)c1ccccc1)N1CCOC[C@@H](Cc2ccc3nccn3n2)C1. The number of nitrogens with zero attached hydrogens (tertiary/aromatic N) is 4. The van der Waals surface area contributed by atoms with Gasteiger partial charge in [-0.1, -0.05) is 60.7 Å². The number of carbonyl (C=O) groups is 1. The predicted molar refractivity (Wildman–Crippen MR) is 122 cm³/mol. The average molecular weight is 427 g/mol. The van der Waals surface area contributed by atoms with E-state index in [1.54, 1.807) is 10.7 Å². The Labute approximate surface area is 187 Å².